The van der Waals surface area contributed by atoms with Crippen LogP contribution in [0.2, 0.25) is 0 Å². The van der Waals surface area contributed by atoms with Gasteiger partial charge in [0.1, 0.15) is 5.75 Å². The van der Waals surface area contributed by atoms with Crippen LogP contribution >= 0.6 is 0 Å². The number of benzene rings is 2. The van der Waals surface area contributed by atoms with E-state index in [1.54, 1.807) is 48.7 Å². The van der Waals surface area contributed by atoms with Gasteiger partial charge in [-0.3, -0.25) is 4.98 Å². The van der Waals surface area contributed by atoms with Gasteiger partial charge in [-0.05, 0) is 42.8 Å². The fourth-order valence-corrected chi connectivity index (χ4v) is 3.71. The van der Waals surface area contributed by atoms with E-state index in [9.17, 15) is 14.1 Å². The quantitative estimate of drug-likeness (QED) is 0.700. The zero-order valence-corrected chi connectivity index (χ0v) is 15.9. The average molecular weight is 385 g/mol. The molecule has 7 nitrogen and oxygen atoms in total. The first-order chi connectivity index (χ1) is 12.8. The van der Waals surface area contributed by atoms with E-state index in [0.29, 0.717) is 15.8 Å². The topological polar surface area (TPSA) is 101 Å². The number of pyridine rings is 1. The van der Waals surface area contributed by atoms with Crippen LogP contribution < -0.4 is 5.32 Å². The number of aromatic hydroxyl groups is 1. The molecule has 27 heavy (non-hydrogen) atoms. The molecular formula is C19H19N3O4S. The van der Waals surface area contributed by atoms with Gasteiger partial charge in [-0.25, -0.2) is 9.00 Å². The van der Waals surface area contributed by atoms with Crippen LogP contribution in [-0.4, -0.2) is 33.8 Å². The Hall–Kier alpha value is -3.13. The molecule has 2 N–H and O–H groups in total. The monoisotopic (exact) mass is 385 g/mol. The Morgan fingerprint density at radius 1 is 1.19 bits per heavy atom. The summed E-state index contributed by atoms with van der Waals surface area (Å²) >= 11 is 0. The van der Waals surface area contributed by atoms with E-state index in [4.69, 9.17) is 0 Å². The van der Waals surface area contributed by atoms with Crippen LogP contribution in [0.5, 0.6) is 5.75 Å². The molecule has 1 atom stereocenters. The number of nitrogens with one attached hydrogen (secondary N) is 1. The molecule has 1 aromatic heterocycles. The second-order valence-corrected chi connectivity index (χ2v) is 8.28. The Kier molecular flexibility index (Phi) is 5.00. The Bertz CT molecular complexity index is 1150. The SMILES string of the molecule is COC(=O)N=S(C)(=O)c1ccc2nccc(Nc3cc(O)ccc3C)c2c1. The lowest BCUT2D eigenvalue weighted by Crippen LogP contribution is -2.04. The molecule has 0 bridgehead atoms. The van der Waals surface area contributed by atoms with Gasteiger partial charge >= 0.3 is 6.09 Å². The van der Waals surface area contributed by atoms with E-state index < -0.39 is 15.8 Å². The van der Waals surface area contributed by atoms with E-state index in [1.165, 1.54) is 13.4 Å². The minimum atomic E-state index is -2.96. The molecule has 1 unspecified atom stereocenters. The Labute approximate surface area is 157 Å². The highest BCUT2D eigenvalue weighted by molar-refractivity contribution is 7.93. The van der Waals surface area contributed by atoms with Gasteiger partial charge in [0.2, 0.25) is 0 Å². The smallest absolute Gasteiger partial charge is 0.441 e. The number of anilines is 2. The molecule has 0 saturated heterocycles. The number of methoxy groups -OCH3 is 1. The normalized spacial score (nSPS) is 13.0. The van der Waals surface area contributed by atoms with Crippen molar-refractivity contribution in [3.05, 3.63) is 54.2 Å². The first-order valence-electron chi connectivity index (χ1n) is 8.06. The van der Waals surface area contributed by atoms with Crippen molar-refractivity contribution in [2.24, 2.45) is 4.36 Å². The number of rotatable bonds is 3. The predicted octanol–water partition coefficient (Wildman–Crippen LogP) is 4.22. The number of phenols is 1. The highest BCUT2D eigenvalue weighted by Gasteiger charge is 2.13. The molecule has 0 spiro atoms. The van der Waals surface area contributed by atoms with Gasteiger partial charge in [-0.1, -0.05) is 6.07 Å². The Morgan fingerprint density at radius 3 is 2.70 bits per heavy atom. The molecule has 2 aromatic carbocycles. The maximum atomic E-state index is 12.8. The highest BCUT2D eigenvalue weighted by Crippen LogP contribution is 2.30. The van der Waals surface area contributed by atoms with Gasteiger partial charge in [0.25, 0.3) is 0 Å². The van der Waals surface area contributed by atoms with Crippen LogP contribution in [0.25, 0.3) is 10.9 Å². The van der Waals surface area contributed by atoms with Crippen LogP contribution in [0.4, 0.5) is 16.2 Å². The first-order valence-corrected chi connectivity index (χ1v) is 9.98. The zero-order valence-electron chi connectivity index (χ0n) is 15.1. The maximum absolute atomic E-state index is 12.8. The van der Waals surface area contributed by atoms with Gasteiger partial charge in [0, 0.05) is 40.2 Å². The van der Waals surface area contributed by atoms with E-state index in [0.717, 1.165) is 16.9 Å². The summed E-state index contributed by atoms with van der Waals surface area (Å²) < 4.78 is 21.0. The van der Waals surface area contributed by atoms with Crippen molar-refractivity contribution in [3.8, 4) is 5.75 Å². The molecule has 0 aliphatic heterocycles. The summed E-state index contributed by atoms with van der Waals surface area (Å²) in [6.07, 6.45) is 2.15. The Balaban J connectivity index is 2.12. The molecular weight excluding hydrogens is 366 g/mol. The first kappa shape index (κ1) is 18.7. The standard InChI is InChI=1S/C19H19N3O4S/c1-12-4-5-13(23)10-18(12)21-17-8-9-20-16-7-6-14(11-15(16)17)27(3,25)22-19(24)26-2/h4-11,23H,1-3H3,(H,20,21). The van der Waals surface area contributed by atoms with Gasteiger partial charge in [-0.15, -0.1) is 4.36 Å². The van der Waals surface area contributed by atoms with Crippen molar-refractivity contribution in [1.29, 1.82) is 0 Å². The van der Waals surface area contributed by atoms with Crippen molar-refractivity contribution in [2.45, 2.75) is 11.8 Å². The number of amides is 1. The number of phenolic OH excluding ortho intramolecular Hbond substituents is 1. The molecule has 0 fully saturated rings. The van der Waals surface area contributed by atoms with E-state index in [-0.39, 0.29) is 5.75 Å². The largest absolute Gasteiger partial charge is 0.508 e. The molecule has 140 valence electrons. The number of aromatic nitrogens is 1. The third-order valence-corrected chi connectivity index (χ3v) is 5.69. The third kappa shape index (κ3) is 4.01. The average Bonchev–Trinajstić information content (AvgIpc) is 2.64. The summed E-state index contributed by atoms with van der Waals surface area (Å²) in [5, 5.41) is 13.7. The van der Waals surface area contributed by atoms with Gasteiger partial charge in [-0.2, -0.15) is 0 Å². The second kappa shape index (κ2) is 7.24. The molecule has 8 heteroatoms. The minimum Gasteiger partial charge on any atom is -0.508 e. The number of carbonyl (C=O) groups excluding carboxylic acids is 1. The summed E-state index contributed by atoms with van der Waals surface area (Å²) in [4.78, 5) is 16.1. The van der Waals surface area contributed by atoms with E-state index >= 15 is 0 Å². The fraction of sp³-hybridized carbons (Fsp3) is 0.158. The maximum Gasteiger partial charge on any atom is 0.441 e. The summed E-state index contributed by atoms with van der Waals surface area (Å²) in [6, 6.07) is 11.9. The van der Waals surface area contributed by atoms with Crippen molar-refractivity contribution >= 4 is 38.1 Å². The zero-order chi connectivity index (χ0) is 19.6. The van der Waals surface area contributed by atoms with Crippen LogP contribution in [0.15, 0.2) is 57.9 Å². The minimum absolute atomic E-state index is 0.149. The number of nitrogens with zero attached hydrogens (tertiary/aromatic N) is 2. The summed E-state index contributed by atoms with van der Waals surface area (Å²) in [5.41, 5.74) is 3.11. The number of carbonyl (C=O) groups is 1. The fourth-order valence-electron chi connectivity index (χ4n) is 2.59. The van der Waals surface area contributed by atoms with Crippen molar-refractivity contribution < 1.29 is 18.8 Å². The molecule has 0 saturated carbocycles. The molecule has 1 heterocycles. The lowest BCUT2D eigenvalue weighted by Gasteiger charge is -2.13. The lowest BCUT2D eigenvalue weighted by atomic mass is 10.1. The summed E-state index contributed by atoms with van der Waals surface area (Å²) in [5.74, 6) is 0.149. The highest BCUT2D eigenvalue weighted by atomic mass is 32.2. The number of hydrogen-bond acceptors (Lipinski definition) is 6. The van der Waals surface area contributed by atoms with Crippen LogP contribution in [0.3, 0.4) is 0 Å². The summed E-state index contributed by atoms with van der Waals surface area (Å²) in [7, 11) is -1.78. The van der Waals surface area contributed by atoms with E-state index in [2.05, 4.69) is 19.4 Å². The molecule has 1 amide bonds. The van der Waals surface area contributed by atoms with E-state index in [1.807, 2.05) is 6.92 Å². The van der Waals surface area contributed by atoms with Crippen LogP contribution in [0.1, 0.15) is 5.56 Å². The van der Waals surface area contributed by atoms with Gasteiger partial charge < -0.3 is 15.2 Å². The number of hydrogen-bond donors (Lipinski definition) is 2. The Morgan fingerprint density at radius 2 is 1.96 bits per heavy atom. The molecule has 0 radical (unpaired) electrons. The molecule has 0 aliphatic rings. The summed E-state index contributed by atoms with van der Waals surface area (Å²) in [6.45, 7) is 1.92. The number of aryl methyl sites for hydroxylation is 1. The van der Waals surface area contributed by atoms with Crippen molar-refractivity contribution in [2.75, 3.05) is 18.7 Å². The van der Waals surface area contributed by atoms with Crippen LogP contribution in [0, 0.1) is 6.92 Å². The van der Waals surface area contributed by atoms with Crippen molar-refractivity contribution in [3.63, 3.8) is 0 Å². The molecule has 0 aliphatic carbocycles. The van der Waals surface area contributed by atoms with Gasteiger partial charge in [0.15, 0.2) is 0 Å². The number of fused-ring (bicyclic) bond motifs is 1. The second-order valence-electron chi connectivity index (χ2n) is 6.03. The molecule has 3 aromatic rings. The lowest BCUT2D eigenvalue weighted by molar-refractivity contribution is 0.183. The third-order valence-electron chi connectivity index (χ3n) is 4.06. The van der Waals surface area contributed by atoms with Crippen LogP contribution in [-0.2, 0) is 14.5 Å². The number of ether oxygens (including phenoxy) is 1. The van der Waals surface area contributed by atoms with Crippen molar-refractivity contribution in [1.82, 2.24) is 4.98 Å². The molecule has 3 rings (SSSR count). The van der Waals surface area contributed by atoms with Gasteiger partial charge in [0.05, 0.1) is 22.4 Å². The predicted molar refractivity (Wildman–Crippen MR) is 105 cm³/mol.